The number of aliphatic hydroxyl groups is 2. The Morgan fingerprint density at radius 3 is 2.12 bits per heavy atom. The first kappa shape index (κ1) is 23.6. The molecule has 0 bridgehead atoms. The molecule has 0 aliphatic rings. The second kappa shape index (κ2) is 10.5. The van der Waals surface area contributed by atoms with Crippen LogP contribution in [-0.2, 0) is 14.0 Å². The number of ether oxygens (including phenoxy) is 1. The molecule has 0 aliphatic heterocycles. The van der Waals surface area contributed by atoms with Crippen molar-refractivity contribution >= 4 is 14.3 Å². The van der Waals surface area contributed by atoms with Crippen LogP contribution in [0.3, 0.4) is 0 Å². The lowest BCUT2D eigenvalue weighted by atomic mass is 10.0. The van der Waals surface area contributed by atoms with Crippen LogP contribution in [0.5, 0.6) is 0 Å². The Bertz CT molecular complexity index is 365. The van der Waals surface area contributed by atoms with E-state index in [-0.39, 0.29) is 17.7 Å². The van der Waals surface area contributed by atoms with Crippen molar-refractivity contribution in [1.29, 1.82) is 0 Å². The lowest BCUT2D eigenvalue weighted by molar-refractivity contribution is -0.159. The molecule has 0 aromatic carbocycles. The maximum atomic E-state index is 11.3. The molecule has 0 aromatic rings. The van der Waals surface area contributed by atoms with Crippen molar-refractivity contribution in [3.05, 3.63) is 0 Å². The lowest BCUT2D eigenvalue weighted by Gasteiger charge is -2.38. The number of aliphatic hydroxyl groups excluding tert-OH is 2. The number of carbonyl (C=O) groups is 1. The topological polar surface area (TPSA) is 76.0 Å². The predicted octanol–water partition coefficient (Wildman–Crippen LogP) is 3.63. The molecule has 5 nitrogen and oxygen atoms in total. The minimum Gasteiger partial charge on any atom is -0.464 e. The van der Waals surface area contributed by atoms with E-state index in [1.165, 1.54) is 0 Å². The van der Waals surface area contributed by atoms with Crippen LogP contribution in [0, 0.1) is 0 Å². The third-order valence-electron chi connectivity index (χ3n) is 4.81. The van der Waals surface area contributed by atoms with Crippen molar-refractivity contribution in [3.8, 4) is 0 Å². The van der Waals surface area contributed by atoms with Crippen LogP contribution >= 0.6 is 0 Å². The van der Waals surface area contributed by atoms with Crippen molar-refractivity contribution in [1.82, 2.24) is 0 Å². The third-order valence-corrected chi connectivity index (χ3v) is 9.41. The number of esters is 1. The van der Waals surface area contributed by atoms with Crippen LogP contribution in [0.2, 0.25) is 18.1 Å². The van der Waals surface area contributed by atoms with E-state index in [9.17, 15) is 15.0 Å². The molecule has 0 spiro atoms. The number of carbonyl (C=O) groups excluding carboxylic acids is 1. The molecule has 24 heavy (non-hydrogen) atoms. The van der Waals surface area contributed by atoms with Gasteiger partial charge < -0.3 is 19.4 Å². The number of rotatable bonds is 11. The first-order valence-electron chi connectivity index (χ1n) is 9.13. The summed E-state index contributed by atoms with van der Waals surface area (Å²) in [5.41, 5.74) is 0. The molecule has 0 saturated carbocycles. The van der Waals surface area contributed by atoms with Gasteiger partial charge in [0.25, 0.3) is 0 Å². The monoisotopic (exact) mass is 362 g/mol. The van der Waals surface area contributed by atoms with Crippen LogP contribution < -0.4 is 0 Å². The van der Waals surface area contributed by atoms with Crippen LogP contribution in [0.1, 0.15) is 66.7 Å². The maximum absolute atomic E-state index is 11.3. The summed E-state index contributed by atoms with van der Waals surface area (Å²) in [6, 6.07) is 0. The van der Waals surface area contributed by atoms with E-state index in [0.29, 0.717) is 6.42 Å². The molecular formula is C18H38O5Si. The fourth-order valence-corrected chi connectivity index (χ4v) is 3.72. The molecule has 0 unspecified atom stereocenters. The van der Waals surface area contributed by atoms with Gasteiger partial charge in [0, 0.05) is 6.10 Å². The Labute approximate surface area is 148 Å². The first-order valence-corrected chi connectivity index (χ1v) is 12.0. The highest BCUT2D eigenvalue weighted by molar-refractivity contribution is 6.74. The minimum atomic E-state index is -1.71. The quantitative estimate of drug-likeness (QED) is 0.333. The van der Waals surface area contributed by atoms with Gasteiger partial charge in [-0.2, -0.15) is 0 Å². The highest BCUT2D eigenvalue weighted by atomic mass is 28.4. The molecule has 0 fully saturated rings. The largest absolute Gasteiger partial charge is 0.464 e. The zero-order valence-corrected chi connectivity index (χ0v) is 17.6. The SMILES string of the molecule is CCOC(=O)[C@H](O)[C@@H](O)CCCCC[C@H](C)O[Si](C)(C)C(C)(C)C. The Kier molecular flexibility index (Phi) is 10.3. The standard InChI is InChI=1S/C18H38O5Si/c1-8-22-17(21)16(20)15(19)13-11-9-10-12-14(2)23-24(6,7)18(3,4)5/h14-16,19-20H,8-13H2,1-7H3/t14-,15-,16+/m0/s1. The molecule has 144 valence electrons. The highest BCUT2D eigenvalue weighted by Crippen LogP contribution is 2.37. The zero-order chi connectivity index (χ0) is 19.0. The number of hydrogen-bond donors (Lipinski definition) is 2. The predicted molar refractivity (Wildman–Crippen MR) is 99.5 cm³/mol. The van der Waals surface area contributed by atoms with Gasteiger partial charge in [-0.1, -0.05) is 40.0 Å². The fraction of sp³-hybridized carbons (Fsp3) is 0.944. The second-order valence-corrected chi connectivity index (χ2v) is 12.8. The first-order chi connectivity index (χ1) is 10.9. The fourth-order valence-electron chi connectivity index (χ4n) is 2.24. The average Bonchev–Trinajstić information content (AvgIpc) is 2.44. The maximum Gasteiger partial charge on any atom is 0.337 e. The van der Waals surface area contributed by atoms with Crippen molar-refractivity contribution in [3.63, 3.8) is 0 Å². The van der Waals surface area contributed by atoms with Gasteiger partial charge in [-0.15, -0.1) is 0 Å². The van der Waals surface area contributed by atoms with Crippen LogP contribution in [-0.4, -0.2) is 49.4 Å². The number of unbranched alkanes of at least 4 members (excludes halogenated alkanes) is 2. The normalized spacial score (nSPS) is 16.5. The molecule has 0 rings (SSSR count). The Morgan fingerprint density at radius 2 is 1.62 bits per heavy atom. The van der Waals surface area contributed by atoms with Gasteiger partial charge in [0.1, 0.15) is 0 Å². The summed E-state index contributed by atoms with van der Waals surface area (Å²) in [7, 11) is -1.71. The van der Waals surface area contributed by atoms with Crippen LogP contribution in [0.15, 0.2) is 0 Å². The van der Waals surface area contributed by atoms with E-state index in [4.69, 9.17) is 9.16 Å². The highest BCUT2D eigenvalue weighted by Gasteiger charge is 2.38. The summed E-state index contributed by atoms with van der Waals surface area (Å²) < 4.78 is 11.0. The minimum absolute atomic E-state index is 0.203. The van der Waals surface area contributed by atoms with Crippen molar-refractivity contribution < 1.29 is 24.2 Å². The summed E-state index contributed by atoms with van der Waals surface area (Å²) in [6.45, 7) is 15.2. The molecular weight excluding hydrogens is 324 g/mol. The van der Waals surface area contributed by atoms with E-state index in [2.05, 4.69) is 40.8 Å². The van der Waals surface area contributed by atoms with Gasteiger partial charge in [0.2, 0.25) is 0 Å². The summed E-state index contributed by atoms with van der Waals surface area (Å²) in [6.07, 6.45) is 1.86. The number of hydrogen-bond acceptors (Lipinski definition) is 5. The van der Waals surface area contributed by atoms with Crippen LogP contribution in [0.4, 0.5) is 0 Å². The molecule has 0 aromatic heterocycles. The van der Waals surface area contributed by atoms with Crippen LogP contribution in [0.25, 0.3) is 0 Å². The summed E-state index contributed by atoms with van der Waals surface area (Å²) in [5.74, 6) is -0.749. The second-order valence-electron chi connectivity index (χ2n) is 8.09. The van der Waals surface area contributed by atoms with Gasteiger partial charge in [-0.3, -0.25) is 0 Å². The Morgan fingerprint density at radius 1 is 1.08 bits per heavy atom. The molecule has 0 aliphatic carbocycles. The van der Waals surface area contributed by atoms with Crippen molar-refractivity contribution in [2.75, 3.05) is 6.61 Å². The summed E-state index contributed by atoms with van der Waals surface area (Å²) in [5, 5.41) is 19.6. The Hall–Kier alpha value is -0.433. The third kappa shape index (κ3) is 8.60. The molecule has 0 saturated heterocycles. The summed E-state index contributed by atoms with van der Waals surface area (Å²) in [4.78, 5) is 11.3. The van der Waals surface area contributed by atoms with Crippen molar-refractivity contribution in [2.24, 2.45) is 0 Å². The molecule has 6 heteroatoms. The van der Waals surface area contributed by atoms with Gasteiger partial charge >= 0.3 is 5.97 Å². The van der Waals surface area contributed by atoms with E-state index in [1.54, 1.807) is 6.92 Å². The van der Waals surface area contributed by atoms with Gasteiger partial charge in [-0.25, -0.2) is 4.79 Å². The molecule has 3 atom stereocenters. The van der Waals surface area contributed by atoms with E-state index in [1.807, 2.05) is 0 Å². The smallest absolute Gasteiger partial charge is 0.337 e. The Balaban J connectivity index is 3.96. The molecule has 0 heterocycles. The van der Waals surface area contributed by atoms with E-state index < -0.39 is 26.5 Å². The van der Waals surface area contributed by atoms with Crippen molar-refractivity contribution in [2.45, 2.75) is 103 Å². The average molecular weight is 363 g/mol. The molecule has 0 radical (unpaired) electrons. The van der Waals surface area contributed by atoms with Gasteiger partial charge in [-0.05, 0) is 44.8 Å². The van der Waals surface area contributed by atoms with Gasteiger partial charge in [0.15, 0.2) is 14.4 Å². The van der Waals surface area contributed by atoms with Gasteiger partial charge in [0.05, 0.1) is 12.7 Å². The molecule has 2 N–H and O–H groups in total. The van der Waals surface area contributed by atoms with E-state index >= 15 is 0 Å². The lowest BCUT2D eigenvalue weighted by Crippen LogP contribution is -2.43. The zero-order valence-electron chi connectivity index (χ0n) is 16.6. The van der Waals surface area contributed by atoms with E-state index in [0.717, 1.165) is 25.7 Å². The molecule has 0 amide bonds. The summed E-state index contributed by atoms with van der Waals surface area (Å²) >= 11 is 0.